The maximum atomic E-state index is 10.3. The lowest BCUT2D eigenvalue weighted by Gasteiger charge is -2.27. The Hall–Kier alpha value is -1.82. The first-order valence-electron chi connectivity index (χ1n) is 9.16. The van der Waals surface area contributed by atoms with E-state index in [1.165, 1.54) is 27.8 Å². The lowest BCUT2D eigenvalue weighted by atomic mass is 9.99. The Morgan fingerprint density at radius 2 is 1.59 bits per heavy atom. The maximum Gasteiger partial charge on any atom is 0.204 e. The molecule has 0 saturated heterocycles. The van der Waals surface area contributed by atoms with E-state index in [4.69, 9.17) is 4.74 Å². The summed E-state index contributed by atoms with van der Waals surface area (Å²) in [5.74, 6) is 1.05. The molecule has 3 rings (SSSR count). The second-order valence-corrected chi connectivity index (χ2v) is 8.19. The first-order valence-corrected chi connectivity index (χ1v) is 10.2. The van der Waals surface area contributed by atoms with Crippen LogP contribution in [0.15, 0.2) is 45.9 Å². The van der Waals surface area contributed by atoms with Gasteiger partial charge in [0.1, 0.15) is 15.7 Å². The summed E-state index contributed by atoms with van der Waals surface area (Å²) in [5.41, 5.74) is 6.53. The first-order chi connectivity index (χ1) is 12.7. The fraction of sp³-hybridized carbons (Fsp3) is 0.348. The summed E-state index contributed by atoms with van der Waals surface area (Å²) < 4.78 is 7.17. The monoisotopic (exact) mass is 477 g/mol. The summed E-state index contributed by atoms with van der Waals surface area (Å²) in [6, 6.07) is 12.2. The Balaban J connectivity index is 0.000000223. The van der Waals surface area contributed by atoms with Crippen molar-refractivity contribution in [2.45, 2.75) is 53.7 Å². The number of carbonyl (C=O) groups excluding carboxylic acids is 1. The van der Waals surface area contributed by atoms with E-state index in [9.17, 15) is 4.79 Å². The zero-order chi connectivity index (χ0) is 20.2. The molecule has 2 aromatic carbocycles. The highest BCUT2D eigenvalue weighted by Gasteiger charge is 2.36. The predicted molar refractivity (Wildman–Crippen MR) is 120 cm³/mol. The van der Waals surface area contributed by atoms with Crippen LogP contribution in [0, 0.1) is 27.7 Å². The molecule has 1 aliphatic heterocycles. The highest BCUT2D eigenvalue weighted by Crippen LogP contribution is 2.36. The molecule has 0 aliphatic carbocycles. The molecule has 0 aromatic heterocycles. The van der Waals surface area contributed by atoms with E-state index < -0.39 is 5.72 Å². The van der Waals surface area contributed by atoms with Crippen LogP contribution < -0.4 is 5.32 Å². The normalized spacial score (nSPS) is 18.3. The van der Waals surface area contributed by atoms with Crippen molar-refractivity contribution in [3.8, 4) is 0 Å². The molecule has 1 aliphatic rings. The topological polar surface area (TPSA) is 38.3 Å². The van der Waals surface area contributed by atoms with E-state index in [2.05, 4.69) is 73.8 Å². The third-order valence-corrected chi connectivity index (χ3v) is 5.84. The van der Waals surface area contributed by atoms with Gasteiger partial charge in [-0.05, 0) is 91.6 Å². The Bertz CT molecular complexity index is 873. The molecule has 27 heavy (non-hydrogen) atoms. The summed E-state index contributed by atoms with van der Waals surface area (Å²) in [4.78, 5) is 10.3. The second kappa shape index (κ2) is 8.91. The molecule has 4 heteroatoms. The molecule has 3 nitrogen and oxygen atoms in total. The minimum atomic E-state index is -0.416. The van der Waals surface area contributed by atoms with Gasteiger partial charge in [0.15, 0.2) is 0 Å². The summed E-state index contributed by atoms with van der Waals surface area (Å²) in [7, 11) is 0. The van der Waals surface area contributed by atoms with Crippen LogP contribution in [-0.4, -0.2) is 6.29 Å². The van der Waals surface area contributed by atoms with E-state index in [0.29, 0.717) is 0 Å². The number of aryl methyl sites for hydroxylation is 4. The number of halogens is 1. The van der Waals surface area contributed by atoms with Crippen molar-refractivity contribution in [3.05, 3.63) is 79.2 Å². The van der Waals surface area contributed by atoms with Crippen molar-refractivity contribution in [1.82, 2.24) is 5.32 Å². The van der Waals surface area contributed by atoms with Crippen molar-refractivity contribution in [3.63, 3.8) is 0 Å². The molecule has 0 amide bonds. The summed E-state index contributed by atoms with van der Waals surface area (Å²) in [5, 5.41) is 3.44. The largest absolute Gasteiger partial charge is 0.466 e. The van der Waals surface area contributed by atoms with Crippen LogP contribution in [0.5, 0.6) is 0 Å². The van der Waals surface area contributed by atoms with E-state index in [-0.39, 0.29) is 0 Å². The molecule has 0 spiro atoms. The first kappa shape index (κ1) is 21.5. The quantitative estimate of drug-likeness (QED) is 0.324. The number of ether oxygens (including phenoxy) is 1. The minimum Gasteiger partial charge on any atom is -0.466 e. The average molecular weight is 477 g/mol. The van der Waals surface area contributed by atoms with Gasteiger partial charge in [0.2, 0.25) is 5.72 Å². The van der Waals surface area contributed by atoms with Crippen LogP contribution in [0.25, 0.3) is 0 Å². The van der Waals surface area contributed by atoms with Crippen molar-refractivity contribution in [1.29, 1.82) is 0 Å². The van der Waals surface area contributed by atoms with Gasteiger partial charge in [0.25, 0.3) is 0 Å². The van der Waals surface area contributed by atoms with Gasteiger partial charge in [-0.3, -0.25) is 4.79 Å². The molecule has 2 aromatic rings. The number of hydrogen-bond donors (Lipinski definition) is 1. The van der Waals surface area contributed by atoms with Gasteiger partial charge in [-0.15, -0.1) is 0 Å². The van der Waals surface area contributed by atoms with Gasteiger partial charge in [0.05, 0.1) is 0 Å². The molecule has 0 fully saturated rings. The third kappa shape index (κ3) is 5.12. The molecular formula is C23H28INO2. The van der Waals surface area contributed by atoms with E-state index in [1.54, 1.807) is 0 Å². The van der Waals surface area contributed by atoms with Crippen molar-refractivity contribution in [2.75, 3.05) is 0 Å². The van der Waals surface area contributed by atoms with Gasteiger partial charge in [0, 0.05) is 17.5 Å². The predicted octanol–water partition coefficient (Wildman–Crippen LogP) is 6.23. The van der Waals surface area contributed by atoms with Crippen molar-refractivity contribution >= 4 is 28.9 Å². The summed E-state index contributed by atoms with van der Waals surface area (Å²) in [6.45, 7) is 12.5. The second-order valence-electron chi connectivity index (χ2n) is 7.11. The maximum absolute atomic E-state index is 10.3. The lowest BCUT2D eigenvalue weighted by molar-refractivity contribution is 0.0183. The van der Waals surface area contributed by atoms with Crippen molar-refractivity contribution in [2.24, 2.45) is 0 Å². The fourth-order valence-electron chi connectivity index (χ4n) is 2.83. The molecule has 1 unspecified atom stereocenters. The smallest absolute Gasteiger partial charge is 0.204 e. The number of benzene rings is 2. The Morgan fingerprint density at radius 3 is 2.07 bits per heavy atom. The number of hydrogen-bond acceptors (Lipinski definition) is 3. The molecule has 0 radical (unpaired) electrons. The number of rotatable bonds is 3. The minimum absolute atomic E-state index is 0.416. The van der Waals surface area contributed by atoms with Crippen LogP contribution >= 0.6 is 22.6 Å². The van der Waals surface area contributed by atoms with Crippen LogP contribution in [0.1, 0.15) is 58.4 Å². The van der Waals surface area contributed by atoms with Crippen LogP contribution in [0.3, 0.4) is 0 Å². The Labute approximate surface area is 176 Å². The Morgan fingerprint density at radius 1 is 1.00 bits per heavy atom. The van der Waals surface area contributed by atoms with Crippen LogP contribution in [0.2, 0.25) is 0 Å². The van der Waals surface area contributed by atoms with Crippen LogP contribution in [-0.2, 0) is 10.5 Å². The SMILES string of the molecule is CCC1=C(I)NC(C)(c2ccc(C)c(C)c2)O1.Cc1ccc(C=O)cc1C. The molecule has 0 bridgehead atoms. The van der Waals surface area contributed by atoms with E-state index >= 15 is 0 Å². The molecule has 144 valence electrons. The zero-order valence-corrected chi connectivity index (χ0v) is 19.1. The van der Waals surface area contributed by atoms with Gasteiger partial charge in [-0.25, -0.2) is 0 Å². The van der Waals surface area contributed by atoms with E-state index in [1.807, 2.05) is 32.0 Å². The Kier molecular flexibility index (Phi) is 7.09. The number of nitrogens with one attached hydrogen (secondary N) is 1. The number of aldehydes is 1. The standard InChI is InChI=1S/C14H18INO.C9H10O/c1-5-12-13(15)16-14(4,17-12)11-7-6-9(2)10(3)8-11;1-7-3-4-9(6-10)5-8(7)2/h6-8,16H,5H2,1-4H3;3-6H,1-2H3. The number of allylic oxidation sites excluding steroid dienone is 1. The average Bonchev–Trinajstić information content (AvgIpc) is 2.95. The lowest BCUT2D eigenvalue weighted by Crippen LogP contribution is -2.35. The molecule has 1 N–H and O–H groups in total. The van der Waals surface area contributed by atoms with Gasteiger partial charge in [-0.1, -0.05) is 31.2 Å². The molecular weight excluding hydrogens is 449 g/mol. The fourth-order valence-corrected chi connectivity index (χ4v) is 3.84. The van der Waals surface area contributed by atoms with Gasteiger partial charge in [-0.2, -0.15) is 0 Å². The molecule has 1 atom stereocenters. The summed E-state index contributed by atoms with van der Waals surface area (Å²) >= 11 is 2.30. The zero-order valence-electron chi connectivity index (χ0n) is 16.9. The highest BCUT2D eigenvalue weighted by molar-refractivity contribution is 14.1. The van der Waals surface area contributed by atoms with E-state index in [0.717, 1.165) is 27.7 Å². The molecule has 1 heterocycles. The van der Waals surface area contributed by atoms with Crippen molar-refractivity contribution < 1.29 is 9.53 Å². The molecule has 0 saturated carbocycles. The highest BCUT2D eigenvalue weighted by atomic mass is 127. The van der Waals surface area contributed by atoms with Crippen LogP contribution in [0.4, 0.5) is 0 Å². The van der Waals surface area contributed by atoms with Gasteiger partial charge < -0.3 is 10.1 Å². The third-order valence-electron chi connectivity index (χ3n) is 4.97. The number of carbonyl (C=O) groups is 1. The van der Waals surface area contributed by atoms with Gasteiger partial charge >= 0.3 is 0 Å². The summed E-state index contributed by atoms with van der Waals surface area (Å²) in [6.07, 6.45) is 1.79.